The van der Waals surface area contributed by atoms with Crippen molar-refractivity contribution >= 4 is 33.7 Å². The Labute approximate surface area is 161 Å². The van der Waals surface area contributed by atoms with Gasteiger partial charge in [0.15, 0.2) is 0 Å². The topological polar surface area (TPSA) is 67.8 Å². The van der Waals surface area contributed by atoms with Gasteiger partial charge in [0.05, 0.1) is 17.1 Å². The lowest BCUT2D eigenvalue weighted by atomic mass is 10.1. The number of benzene rings is 1. The van der Waals surface area contributed by atoms with E-state index in [1.807, 2.05) is 19.1 Å². The van der Waals surface area contributed by atoms with Gasteiger partial charge in [0.1, 0.15) is 5.01 Å². The summed E-state index contributed by atoms with van der Waals surface area (Å²) in [4.78, 5) is 18.1. The third-order valence-corrected chi connectivity index (χ3v) is 5.58. The van der Waals surface area contributed by atoms with Crippen LogP contribution in [0.1, 0.15) is 34.3 Å². The highest BCUT2D eigenvalue weighted by molar-refractivity contribution is 7.15. The molecule has 0 saturated heterocycles. The van der Waals surface area contributed by atoms with Gasteiger partial charge in [0.25, 0.3) is 0 Å². The Bertz CT molecular complexity index is 897. The van der Waals surface area contributed by atoms with E-state index in [2.05, 4.69) is 53.4 Å². The fraction of sp³-hybridized carbons (Fsp3) is 0.368. The molecule has 0 radical (unpaired) electrons. The summed E-state index contributed by atoms with van der Waals surface area (Å²) in [5, 5.41) is 13.5. The first-order chi connectivity index (χ1) is 12.4. The van der Waals surface area contributed by atoms with Crippen LogP contribution in [0.5, 0.6) is 0 Å². The van der Waals surface area contributed by atoms with Crippen molar-refractivity contribution in [2.75, 3.05) is 5.32 Å². The summed E-state index contributed by atoms with van der Waals surface area (Å²) in [7, 11) is 0. The molecule has 3 rings (SSSR count). The van der Waals surface area contributed by atoms with E-state index in [0.717, 1.165) is 32.6 Å². The van der Waals surface area contributed by atoms with Crippen molar-refractivity contribution < 1.29 is 4.79 Å². The smallest absolute Gasteiger partial charge is 0.231 e. The number of thiazole rings is 1. The molecule has 2 aromatic heterocycles. The molecule has 0 spiro atoms. The molecule has 0 aliphatic heterocycles. The summed E-state index contributed by atoms with van der Waals surface area (Å²) in [5.41, 5.74) is 3.13. The quantitative estimate of drug-likeness (QED) is 0.669. The third-order valence-electron chi connectivity index (χ3n) is 3.75. The van der Waals surface area contributed by atoms with Gasteiger partial charge in [-0.05, 0) is 19.8 Å². The van der Waals surface area contributed by atoms with E-state index in [4.69, 9.17) is 0 Å². The number of anilines is 1. The zero-order valence-corrected chi connectivity index (χ0v) is 17.0. The first kappa shape index (κ1) is 18.7. The second-order valence-electron chi connectivity index (χ2n) is 6.69. The molecule has 0 saturated carbocycles. The van der Waals surface area contributed by atoms with Crippen LogP contribution in [0, 0.1) is 19.8 Å². The standard InChI is InChI=1S/C19H22N4OS2/c1-11(2)9-17-22-23-19(26-17)21-16(24)10-15-18(20-13(4)25-15)14-7-5-12(3)6-8-14/h5-8,11H,9-10H2,1-4H3,(H,21,23,24). The van der Waals surface area contributed by atoms with Gasteiger partial charge in [-0.15, -0.1) is 21.5 Å². The molecule has 0 atom stereocenters. The van der Waals surface area contributed by atoms with Crippen LogP contribution in [0.4, 0.5) is 5.13 Å². The normalized spacial score (nSPS) is 11.1. The lowest BCUT2D eigenvalue weighted by molar-refractivity contribution is -0.115. The second kappa shape index (κ2) is 8.05. The first-order valence-corrected chi connectivity index (χ1v) is 10.2. The van der Waals surface area contributed by atoms with Crippen LogP contribution in [-0.4, -0.2) is 21.1 Å². The van der Waals surface area contributed by atoms with Crippen molar-refractivity contribution in [1.29, 1.82) is 0 Å². The third kappa shape index (κ3) is 4.74. The Balaban J connectivity index is 1.71. The van der Waals surface area contributed by atoms with Crippen LogP contribution in [0.25, 0.3) is 11.3 Å². The van der Waals surface area contributed by atoms with Gasteiger partial charge >= 0.3 is 0 Å². The van der Waals surface area contributed by atoms with Gasteiger partial charge in [-0.1, -0.05) is 55.0 Å². The number of nitrogens with one attached hydrogen (secondary N) is 1. The lowest BCUT2D eigenvalue weighted by Crippen LogP contribution is -2.14. The average Bonchev–Trinajstić information content (AvgIpc) is 3.14. The van der Waals surface area contributed by atoms with Gasteiger partial charge in [-0.3, -0.25) is 4.79 Å². The van der Waals surface area contributed by atoms with Gasteiger partial charge in [-0.25, -0.2) is 4.98 Å². The number of carbonyl (C=O) groups excluding carboxylic acids is 1. The minimum absolute atomic E-state index is 0.0886. The minimum Gasteiger partial charge on any atom is -0.300 e. The monoisotopic (exact) mass is 386 g/mol. The average molecular weight is 387 g/mol. The Morgan fingerprint density at radius 2 is 1.85 bits per heavy atom. The number of nitrogens with zero attached hydrogens (tertiary/aromatic N) is 3. The largest absolute Gasteiger partial charge is 0.300 e. The van der Waals surface area contributed by atoms with E-state index >= 15 is 0 Å². The van der Waals surface area contributed by atoms with E-state index in [1.54, 1.807) is 11.3 Å². The maximum Gasteiger partial charge on any atom is 0.231 e. The second-order valence-corrected chi connectivity index (χ2v) is 9.04. The molecule has 7 heteroatoms. The van der Waals surface area contributed by atoms with Crippen LogP contribution in [0.3, 0.4) is 0 Å². The van der Waals surface area contributed by atoms with Crippen LogP contribution >= 0.6 is 22.7 Å². The lowest BCUT2D eigenvalue weighted by Gasteiger charge is -2.03. The Kier molecular flexibility index (Phi) is 5.78. The number of hydrogen-bond acceptors (Lipinski definition) is 6. The summed E-state index contributed by atoms with van der Waals surface area (Å²) in [6, 6.07) is 8.22. The molecule has 0 aliphatic carbocycles. The molecule has 0 fully saturated rings. The number of amides is 1. The minimum atomic E-state index is -0.0886. The van der Waals surface area contributed by atoms with Crippen molar-refractivity contribution in [3.05, 3.63) is 44.7 Å². The van der Waals surface area contributed by atoms with Crippen LogP contribution < -0.4 is 5.32 Å². The van der Waals surface area contributed by atoms with Crippen molar-refractivity contribution in [2.24, 2.45) is 5.92 Å². The van der Waals surface area contributed by atoms with Crippen LogP contribution in [-0.2, 0) is 17.6 Å². The van der Waals surface area contributed by atoms with Gasteiger partial charge in [-0.2, -0.15) is 0 Å². The van der Waals surface area contributed by atoms with Gasteiger partial charge in [0.2, 0.25) is 11.0 Å². The van der Waals surface area contributed by atoms with Gasteiger partial charge in [0, 0.05) is 16.9 Å². The molecule has 5 nitrogen and oxygen atoms in total. The van der Waals surface area contributed by atoms with E-state index in [-0.39, 0.29) is 12.3 Å². The molecular weight excluding hydrogens is 364 g/mol. The van der Waals surface area contributed by atoms with E-state index in [1.165, 1.54) is 16.9 Å². The number of hydrogen-bond donors (Lipinski definition) is 1. The molecule has 26 heavy (non-hydrogen) atoms. The van der Waals surface area contributed by atoms with Crippen molar-refractivity contribution in [3.63, 3.8) is 0 Å². The number of rotatable bonds is 6. The predicted octanol–water partition coefficient (Wildman–Crippen LogP) is 4.66. The SMILES string of the molecule is Cc1ccc(-c2nc(C)sc2CC(=O)Nc2nnc(CC(C)C)s2)cc1. The molecule has 0 bridgehead atoms. The fourth-order valence-electron chi connectivity index (χ4n) is 2.57. The maximum atomic E-state index is 12.5. The molecule has 1 N–H and O–H groups in total. The zero-order valence-electron chi connectivity index (χ0n) is 15.4. The Morgan fingerprint density at radius 3 is 2.54 bits per heavy atom. The summed E-state index contributed by atoms with van der Waals surface area (Å²) >= 11 is 3.00. The van der Waals surface area contributed by atoms with Crippen molar-refractivity contribution in [3.8, 4) is 11.3 Å². The van der Waals surface area contributed by atoms with Gasteiger partial charge < -0.3 is 5.32 Å². The molecular formula is C19H22N4OS2. The number of aromatic nitrogens is 3. The highest BCUT2D eigenvalue weighted by Gasteiger charge is 2.16. The number of aryl methyl sites for hydroxylation is 2. The molecule has 0 unspecified atom stereocenters. The van der Waals surface area contributed by atoms with Crippen molar-refractivity contribution in [2.45, 2.75) is 40.5 Å². The summed E-state index contributed by atoms with van der Waals surface area (Å²) in [6.07, 6.45) is 1.16. The zero-order chi connectivity index (χ0) is 18.7. The highest BCUT2D eigenvalue weighted by Crippen LogP contribution is 2.29. The van der Waals surface area contributed by atoms with E-state index in [0.29, 0.717) is 11.0 Å². The Hall–Kier alpha value is -2.12. The molecule has 2 heterocycles. The molecule has 1 amide bonds. The fourth-order valence-corrected chi connectivity index (χ4v) is 4.50. The molecule has 3 aromatic rings. The van der Waals surface area contributed by atoms with Crippen molar-refractivity contribution in [1.82, 2.24) is 15.2 Å². The first-order valence-electron chi connectivity index (χ1n) is 8.56. The number of carbonyl (C=O) groups is 1. The van der Waals surface area contributed by atoms with E-state index in [9.17, 15) is 4.79 Å². The molecule has 1 aromatic carbocycles. The summed E-state index contributed by atoms with van der Waals surface area (Å²) < 4.78 is 0. The van der Waals surface area contributed by atoms with E-state index < -0.39 is 0 Å². The van der Waals surface area contributed by atoms with Crippen LogP contribution in [0.15, 0.2) is 24.3 Å². The van der Waals surface area contributed by atoms with Crippen LogP contribution in [0.2, 0.25) is 0 Å². The Morgan fingerprint density at radius 1 is 1.12 bits per heavy atom. The highest BCUT2D eigenvalue weighted by atomic mass is 32.1. The predicted molar refractivity (Wildman–Crippen MR) is 108 cm³/mol. The maximum absolute atomic E-state index is 12.5. The summed E-state index contributed by atoms with van der Waals surface area (Å²) in [5.74, 6) is 0.429. The summed E-state index contributed by atoms with van der Waals surface area (Å²) in [6.45, 7) is 8.30. The molecule has 136 valence electrons. The molecule has 0 aliphatic rings.